The van der Waals surface area contributed by atoms with Crippen LogP contribution in [-0.4, -0.2) is 41.9 Å². The van der Waals surface area contributed by atoms with Crippen molar-refractivity contribution in [2.75, 3.05) is 6.54 Å². The van der Waals surface area contributed by atoms with E-state index < -0.39 is 0 Å². The molecule has 0 saturated heterocycles. The highest BCUT2D eigenvalue weighted by atomic mass is 16.2. The van der Waals surface area contributed by atoms with E-state index in [1.807, 2.05) is 74.9 Å². The Morgan fingerprint density at radius 1 is 1.03 bits per heavy atom. The number of rotatable bonds is 4. The van der Waals surface area contributed by atoms with E-state index in [1.165, 1.54) is 0 Å². The molecule has 1 aliphatic heterocycles. The summed E-state index contributed by atoms with van der Waals surface area (Å²) in [4.78, 5) is 18.9. The normalized spacial score (nSPS) is 13.3. The molecular weight excluding hydrogens is 364 g/mol. The number of fused-ring (bicyclic) bond motifs is 1. The van der Waals surface area contributed by atoms with Crippen molar-refractivity contribution in [3.8, 4) is 5.69 Å². The zero-order chi connectivity index (χ0) is 19.6. The van der Waals surface area contributed by atoms with Gasteiger partial charge in [0.1, 0.15) is 5.69 Å². The highest BCUT2D eigenvalue weighted by Crippen LogP contribution is 2.21. The van der Waals surface area contributed by atoms with Crippen LogP contribution in [0.4, 0.5) is 0 Å². The van der Waals surface area contributed by atoms with Crippen LogP contribution in [0.15, 0.2) is 73.3 Å². The third kappa shape index (κ3) is 3.42. The number of imidazole rings is 1. The number of amides is 1. The van der Waals surface area contributed by atoms with Crippen molar-refractivity contribution in [2.24, 2.45) is 0 Å². The van der Waals surface area contributed by atoms with E-state index in [4.69, 9.17) is 0 Å². The number of para-hydroxylation sites is 1. The molecule has 0 saturated carbocycles. The second-order valence-electron chi connectivity index (χ2n) is 7.14. The zero-order valence-corrected chi connectivity index (χ0v) is 15.8. The van der Waals surface area contributed by atoms with Crippen molar-refractivity contribution in [3.63, 3.8) is 0 Å². The molecule has 29 heavy (non-hydrogen) atoms. The molecule has 2 aromatic carbocycles. The number of carbonyl (C=O) groups is 1. The molecule has 4 aromatic rings. The summed E-state index contributed by atoms with van der Waals surface area (Å²) in [6, 6.07) is 17.7. The minimum atomic E-state index is 0.0269. The van der Waals surface area contributed by atoms with Gasteiger partial charge in [0.15, 0.2) is 0 Å². The van der Waals surface area contributed by atoms with E-state index in [9.17, 15) is 4.79 Å². The second kappa shape index (κ2) is 7.35. The SMILES string of the molecule is O=C(c1ccc(Cn2ccnc2)cc1)N1CCc2c(nnn2-c2ccccc2)C1. The van der Waals surface area contributed by atoms with E-state index >= 15 is 0 Å². The standard InChI is InChI=1S/C22H20N6O/c29-22(18-8-6-17(7-9-18)14-26-13-11-23-16-26)27-12-10-21-20(15-27)24-25-28(21)19-4-2-1-3-5-19/h1-9,11,13,16H,10,12,14-15H2. The maximum atomic E-state index is 13.0. The topological polar surface area (TPSA) is 68.8 Å². The zero-order valence-electron chi connectivity index (χ0n) is 15.8. The lowest BCUT2D eigenvalue weighted by atomic mass is 10.1. The van der Waals surface area contributed by atoms with Crippen LogP contribution in [0, 0.1) is 0 Å². The van der Waals surface area contributed by atoms with Crippen LogP contribution in [-0.2, 0) is 19.5 Å². The Hall–Kier alpha value is -3.74. The van der Waals surface area contributed by atoms with Crippen LogP contribution in [0.2, 0.25) is 0 Å². The van der Waals surface area contributed by atoms with E-state index in [1.54, 1.807) is 12.5 Å². The van der Waals surface area contributed by atoms with Crippen LogP contribution in [0.25, 0.3) is 5.69 Å². The van der Waals surface area contributed by atoms with E-state index in [0.29, 0.717) is 18.7 Å². The first-order valence-electron chi connectivity index (χ1n) is 9.61. The lowest BCUT2D eigenvalue weighted by Gasteiger charge is -2.26. The third-order valence-electron chi connectivity index (χ3n) is 5.22. The van der Waals surface area contributed by atoms with Crippen molar-refractivity contribution < 1.29 is 4.79 Å². The van der Waals surface area contributed by atoms with Crippen molar-refractivity contribution in [1.29, 1.82) is 0 Å². The molecule has 0 atom stereocenters. The first-order valence-corrected chi connectivity index (χ1v) is 9.61. The number of nitrogens with zero attached hydrogens (tertiary/aromatic N) is 6. The Labute approximate surface area is 168 Å². The minimum Gasteiger partial charge on any atom is -0.333 e. The Morgan fingerprint density at radius 3 is 2.62 bits per heavy atom. The van der Waals surface area contributed by atoms with Gasteiger partial charge in [-0.25, -0.2) is 9.67 Å². The number of hydrogen-bond acceptors (Lipinski definition) is 4. The molecule has 144 valence electrons. The molecule has 2 aromatic heterocycles. The molecule has 0 N–H and O–H groups in total. The molecule has 3 heterocycles. The number of hydrogen-bond donors (Lipinski definition) is 0. The molecule has 5 rings (SSSR count). The van der Waals surface area contributed by atoms with Crippen molar-refractivity contribution in [3.05, 3.63) is 95.8 Å². The van der Waals surface area contributed by atoms with Gasteiger partial charge in [-0.15, -0.1) is 5.10 Å². The van der Waals surface area contributed by atoms with Gasteiger partial charge in [0.05, 0.1) is 24.3 Å². The van der Waals surface area contributed by atoms with Crippen LogP contribution in [0.5, 0.6) is 0 Å². The van der Waals surface area contributed by atoms with Crippen LogP contribution < -0.4 is 0 Å². The summed E-state index contributed by atoms with van der Waals surface area (Å²) >= 11 is 0. The summed E-state index contributed by atoms with van der Waals surface area (Å²) in [6.07, 6.45) is 6.21. The molecule has 0 spiro atoms. The van der Waals surface area contributed by atoms with Crippen LogP contribution in [0.1, 0.15) is 27.3 Å². The van der Waals surface area contributed by atoms with Gasteiger partial charge in [0.2, 0.25) is 0 Å². The minimum absolute atomic E-state index is 0.0269. The number of benzene rings is 2. The highest BCUT2D eigenvalue weighted by molar-refractivity contribution is 5.94. The summed E-state index contributed by atoms with van der Waals surface area (Å²) in [7, 11) is 0. The lowest BCUT2D eigenvalue weighted by Crippen LogP contribution is -2.36. The predicted octanol–water partition coefficient (Wildman–Crippen LogP) is 2.71. The quantitative estimate of drug-likeness (QED) is 0.543. The van der Waals surface area contributed by atoms with Crippen molar-refractivity contribution in [1.82, 2.24) is 29.4 Å². The summed E-state index contributed by atoms with van der Waals surface area (Å²) in [5.74, 6) is 0.0269. The summed E-state index contributed by atoms with van der Waals surface area (Å²) in [5.41, 5.74) is 4.76. The first kappa shape index (κ1) is 17.4. The van der Waals surface area contributed by atoms with E-state index in [2.05, 4.69) is 15.3 Å². The monoisotopic (exact) mass is 384 g/mol. The van der Waals surface area contributed by atoms with Gasteiger partial charge in [-0.3, -0.25) is 4.79 Å². The Balaban J connectivity index is 1.30. The van der Waals surface area contributed by atoms with Crippen LogP contribution >= 0.6 is 0 Å². The van der Waals surface area contributed by atoms with Gasteiger partial charge in [0.25, 0.3) is 5.91 Å². The van der Waals surface area contributed by atoms with Crippen molar-refractivity contribution >= 4 is 5.91 Å². The third-order valence-corrected chi connectivity index (χ3v) is 5.22. The van der Waals surface area contributed by atoms with E-state index in [-0.39, 0.29) is 5.91 Å². The highest BCUT2D eigenvalue weighted by Gasteiger charge is 2.26. The summed E-state index contributed by atoms with van der Waals surface area (Å²) in [6.45, 7) is 1.88. The fraction of sp³-hybridized carbons (Fsp3) is 0.182. The number of aromatic nitrogens is 5. The molecule has 0 unspecified atom stereocenters. The van der Waals surface area contributed by atoms with Gasteiger partial charge < -0.3 is 9.47 Å². The maximum Gasteiger partial charge on any atom is 0.254 e. The Kier molecular flexibility index (Phi) is 4.40. The van der Waals surface area contributed by atoms with Gasteiger partial charge in [-0.2, -0.15) is 0 Å². The molecule has 0 radical (unpaired) electrons. The Bertz CT molecular complexity index is 1120. The molecule has 0 bridgehead atoms. The average Bonchev–Trinajstić information content (AvgIpc) is 3.44. The van der Waals surface area contributed by atoms with Gasteiger partial charge in [-0.1, -0.05) is 35.5 Å². The molecule has 1 aliphatic rings. The smallest absolute Gasteiger partial charge is 0.254 e. The Morgan fingerprint density at radius 2 is 1.86 bits per heavy atom. The largest absolute Gasteiger partial charge is 0.333 e. The summed E-state index contributed by atoms with van der Waals surface area (Å²) in [5, 5.41) is 8.63. The predicted molar refractivity (Wildman–Crippen MR) is 108 cm³/mol. The van der Waals surface area contributed by atoms with Gasteiger partial charge >= 0.3 is 0 Å². The average molecular weight is 384 g/mol. The molecule has 0 fully saturated rings. The fourth-order valence-electron chi connectivity index (χ4n) is 3.68. The van der Waals surface area contributed by atoms with Crippen LogP contribution in [0.3, 0.4) is 0 Å². The fourth-order valence-corrected chi connectivity index (χ4v) is 3.68. The molecule has 0 aliphatic carbocycles. The van der Waals surface area contributed by atoms with Gasteiger partial charge in [-0.05, 0) is 29.8 Å². The second-order valence-corrected chi connectivity index (χ2v) is 7.14. The molecule has 7 nitrogen and oxygen atoms in total. The lowest BCUT2D eigenvalue weighted by molar-refractivity contribution is 0.0731. The van der Waals surface area contributed by atoms with Gasteiger partial charge in [0, 0.05) is 37.5 Å². The summed E-state index contributed by atoms with van der Waals surface area (Å²) < 4.78 is 3.88. The first-order chi connectivity index (χ1) is 14.3. The van der Waals surface area contributed by atoms with Crippen molar-refractivity contribution in [2.45, 2.75) is 19.5 Å². The molecular formula is C22H20N6O. The number of carbonyl (C=O) groups excluding carboxylic acids is 1. The maximum absolute atomic E-state index is 13.0. The molecule has 7 heteroatoms. The van der Waals surface area contributed by atoms with E-state index in [0.717, 1.165) is 35.6 Å². The molecule has 1 amide bonds.